The van der Waals surface area contributed by atoms with E-state index in [-0.39, 0.29) is 22.5 Å². The Morgan fingerprint density at radius 2 is 1.53 bits per heavy atom. The fraction of sp³-hybridized carbons (Fsp3) is 0.200. The molecule has 0 saturated carbocycles. The lowest BCUT2D eigenvalue weighted by molar-refractivity contribution is -0.118. The van der Waals surface area contributed by atoms with E-state index in [1.165, 1.54) is 23.9 Å². The SMILES string of the molecule is COc1ccc(CCNC(=O)c2ccc3c(c2)nc(SCC(=O)NCCc2ccc(S(N)(=O)=O)cc2)n2c4ccccc4nc32)cc1OC. The number of nitrogens with one attached hydrogen (secondary N) is 2. The minimum Gasteiger partial charge on any atom is -0.493 e. The van der Waals surface area contributed by atoms with E-state index in [1.54, 1.807) is 38.5 Å². The van der Waals surface area contributed by atoms with Crippen molar-refractivity contribution in [3.8, 4) is 11.5 Å². The van der Waals surface area contributed by atoms with Crippen LogP contribution in [0.2, 0.25) is 0 Å². The number of benzene rings is 4. The summed E-state index contributed by atoms with van der Waals surface area (Å²) in [5.41, 5.74) is 5.22. The maximum Gasteiger partial charge on any atom is 0.251 e. The number of para-hydroxylation sites is 2. The summed E-state index contributed by atoms with van der Waals surface area (Å²) in [6, 6.07) is 25.0. The van der Waals surface area contributed by atoms with E-state index in [0.717, 1.165) is 27.5 Å². The zero-order valence-electron chi connectivity index (χ0n) is 26.8. The highest BCUT2D eigenvalue weighted by molar-refractivity contribution is 7.99. The summed E-state index contributed by atoms with van der Waals surface area (Å²) in [5.74, 6) is 0.954. The van der Waals surface area contributed by atoms with Crippen molar-refractivity contribution in [1.82, 2.24) is 25.0 Å². The van der Waals surface area contributed by atoms with Crippen LogP contribution in [-0.4, -0.2) is 67.7 Å². The van der Waals surface area contributed by atoms with E-state index < -0.39 is 10.0 Å². The normalized spacial score (nSPS) is 11.6. The number of fused-ring (bicyclic) bond motifs is 5. The molecule has 2 aromatic heterocycles. The van der Waals surface area contributed by atoms with Gasteiger partial charge in [-0.3, -0.25) is 14.0 Å². The van der Waals surface area contributed by atoms with Gasteiger partial charge in [0.25, 0.3) is 5.91 Å². The average molecular weight is 699 g/mol. The highest BCUT2D eigenvalue weighted by Crippen LogP contribution is 2.30. The van der Waals surface area contributed by atoms with E-state index in [9.17, 15) is 18.0 Å². The van der Waals surface area contributed by atoms with Crippen LogP contribution in [0.25, 0.3) is 27.6 Å². The summed E-state index contributed by atoms with van der Waals surface area (Å²) in [5, 5.41) is 12.4. The molecular formula is C35H34N6O6S2. The van der Waals surface area contributed by atoms with Crippen molar-refractivity contribution in [2.45, 2.75) is 22.9 Å². The van der Waals surface area contributed by atoms with Crippen LogP contribution >= 0.6 is 11.8 Å². The first-order valence-electron chi connectivity index (χ1n) is 15.4. The molecule has 0 fully saturated rings. The molecule has 2 amide bonds. The summed E-state index contributed by atoms with van der Waals surface area (Å²) in [7, 11) is -0.592. The number of primary sulfonamides is 1. The van der Waals surface area contributed by atoms with Crippen LogP contribution in [0.1, 0.15) is 21.5 Å². The number of ether oxygens (including phenoxy) is 2. The largest absolute Gasteiger partial charge is 0.493 e. The van der Waals surface area contributed by atoms with E-state index in [1.807, 2.05) is 52.9 Å². The van der Waals surface area contributed by atoms with Gasteiger partial charge in [-0.1, -0.05) is 42.1 Å². The van der Waals surface area contributed by atoms with E-state index in [0.29, 0.717) is 59.3 Å². The third kappa shape index (κ3) is 7.61. The molecule has 14 heteroatoms. The fourth-order valence-electron chi connectivity index (χ4n) is 5.44. The number of nitrogens with zero attached hydrogens (tertiary/aromatic N) is 3. The summed E-state index contributed by atoms with van der Waals surface area (Å²) < 4.78 is 35.6. The first-order valence-corrected chi connectivity index (χ1v) is 17.9. The first kappa shape index (κ1) is 33.7. The van der Waals surface area contributed by atoms with Gasteiger partial charge >= 0.3 is 0 Å². The molecule has 0 aliphatic rings. The number of hydrogen-bond donors (Lipinski definition) is 3. The zero-order chi connectivity index (χ0) is 34.5. The van der Waals surface area contributed by atoms with Crippen LogP contribution in [0.15, 0.2) is 95.0 Å². The number of carbonyl (C=O) groups excluding carboxylic acids is 2. The molecule has 6 aromatic rings. The number of aromatic nitrogens is 3. The second-order valence-corrected chi connectivity index (χ2v) is 13.7. The lowest BCUT2D eigenvalue weighted by Crippen LogP contribution is -2.27. The monoisotopic (exact) mass is 698 g/mol. The molecule has 252 valence electrons. The topological polar surface area (TPSA) is 167 Å². The predicted molar refractivity (Wildman–Crippen MR) is 189 cm³/mol. The minimum absolute atomic E-state index is 0.0387. The molecule has 4 aromatic carbocycles. The Bertz CT molecular complexity index is 2290. The summed E-state index contributed by atoms with van der Waals surface area (Å²) in [6.45, 7) is 0.786. The molecule has 12 nitrogen and oxygen atoms in total. The second-order valence-electron chi connectivity index (χ2n) is 11.2. The first-order chi connectivity index (χ1) is 23.6. The van der Waals surface area contributed by atoms with Gasteiger partial charge in [0.05, 0.1) is 41.4 Å². The van der Waals surface area contributed by atoms with E-state index >= 15 is 0 Å². The number of nitrogens with two attached hydrogens (primary N) is 1. The third-order valence-electron chi connectivity index (χ3n) is 7.94. The lowest BCUT2D eigenvalue weighted by atomic mass is 10.1. The molecule has 4 N–H and O–H groups in total. The van der Waals surface area contributed by atoms with Crippen LogP contribution in [0, 0.1) is 0 Å². The molecule has 2 heterocycles. The van der Waals surface area contributed by atoms with Crippen LogP contribution in [0.3, 0.4) is 0 Å². The maximum atomic E-state index is 13.2. The van der Waals surface area contributed by atoms with Crippen LogP contribution in [0.4, 0.5) is 0 Å². The number of sulfonamides is 1. The van der Waals surface area contributed by atoms with Gasteiger partial charge in [-0.05, 0) is 78.6 Å². The van der Waals surface area contributed by atoms with Crippen LogP contribution < -0.4 is 25.2 Å². The van der Waals surface area contributed by atoms with Gasteiger partial charge in [0.2, 0.25) is 15.9 Å². The van der Waals surface area contributed by atoms with E-state index in [4.69, 9.17) is 24.6 Å². The second kappa shape index (κ2) is 14.5. The molecule has 0 saturated heterocycles. The fourth-order valence-corrected chi connectivity index (χ4v) is 6.79. The highest BCUT2D eigenvalue weighted by atomic mass is 32.2. The standard InChI is InChI=1S/C35H34N6O6S2/c1-46-30-14-9-23(19-31(30)47-2)16-18-38-34(43)24-10-13-26-28(20-24)40-35(41-29-6-4-3-5-27(29)39-33(26)41)48-21-32(42)37-17-15-22-7-11-25(12-8-22)49(36,44)45/h3-14,19-20H,15-18,21H2,1-2H3,(H,37,42)(H,38,43)(H2,36,44,45). The Balaban J connectivity index is 1.16. The molecule has 0 atom stereocenters. The van der Waals surface area contributed by atoms with Crippen molar-refractivity contribution >= 4 is 61.2 Å². The number of amides is 2. The predicted octanol–water partition coefficient (Wildman–Crippen LogP) is 4.12. The number of rotatable bonds is 13. The Hall–Kier alpha value is -5.18. The van der Waals surface area contributed by atoms with Crippen molar-refractivity contribution in [2.75, 3.05) is 33.1 Å². The number of hydrogen-bond acceptors (Lipinski definition) is 9. The van der Waals surface area contributed by atoms with Crippen molar-refractivity contribution in [3.63, 3.8) is 0 Å². The highest BCUT2D eigenvalue weighted by Gasteiger charge is 2.17. The molecule has 0 aliphatic heterocycles. The van der Waals surface area contributed by atoms with Crippen molar-refractivity contribution in [2.24, 2.45) is 5.14 Å². The van der Waals surface area contributed by atoms with Gasteiger partial charge in [-0.15, -0.1) is 0 Å². The van der Waals surface area contributed by atoms with Gasteiger partial charge in [0.1, 0.15) is 5.65 Å². The van der Waals surface area contributed by atoms with Crippen molar-refractivity contribution in [3.05, 3.63) is 102 Å². The molecular weight excluding hydrogens is 665 g/mol. The lowest BCUT2D eigenvalue weighted by Gasteiger charge is -2.11. The quantitative estimate of drug-likeness (QED) is 0.119. The maximum absolute atomic E-state index is 13.2. The number of methoxy groups -OCH3 is 2. The molecule has 0 unspecified atom stereocenters. The number of carbonyl (C=O) groups is 2. The number of thioether (sulfide) groups is 1. The van der Waals surface area contributed by atoms with Gasteiger partial charge in [0.15, 0.2) is 16.7 Å². The molecule has 6 rings (SSSR count). The van der Waals surface area contributed by atoms with Gasteiger partial charge in [0, 0.05) is 24.0 Å². The van der Waals surface area contributed by atoms with Gasteiger partial charge in [-0.25, -0.2) is 23.5 Å². The van der Waals surface area contributed by atoms with Gasteiger partial charge in [-0.2, -0.15) is 0 Å². The Labute approximate surface area is 287 Å². The van der Waals surface area contributed by atoms with Gasteiger partial charge < -0.3 is 20.1 Å². The average Bonchev–Trinajstić information content (AvgIpc) is 3.50. The Morgan fingerprint density at radius 3 is 2.29 bits per heavy atom. The molecule has 0 bridgehead atoms. The smallest absolute Gasteiger partial charge is 0.251 e. The molecule has 0 spiro atoms. The van der Waals surface area contributed by atoms with Crippen LogP contribution in [0.5, 0.6) is 11.5 Å². The Kier molecular flexibility index (Phi) is 9.99. The molecule has 0 radical (unpaired) electrons. The minimum atomic E-state index is -3.76. The molecule has 49 heavy (non-hydrogen) atoms. The Morgan fingerprint density at radius 1 is 0.816 bits per heavy atom. The summed E-state index contributed by atoms with van der Waals surface area (Å²) >= 11 is 1.27. The number of imidazole rings is 1. The summed E-state index contributed by atoms with van der Waals surface area (Å²) in [4.78, 5) is 35.8. The zero-order valence-corrected chi connectivity index (χ0v) is 28.4. The van der Waals surface area contributed by atoms with Crippen LogP contribution in [-0.2, 0) is 27.7 Å². The summed E-state index contributed by atoms with van der Waals surface area (Å²) in [6.07, 6.45) is 1.12. The van der Waals surface area contributed by atoms with E-state index in [2.05, 4.69) is 10.6 Å². The van der Waals surface area contributed by atoms with Crippen molar-refractivity contribution in [1.29, 1.82) is 0 Å². The molecule has 0 aliphatic carbocycles. The van der Waals surface area contributed by atoms with Crippen molar-refractivity contribution < 1.29 is 27.5 Å². The third-order valence-corrected chi connectivity index (χ3v) is 9.80.